The lowest BCUT2D eigenvalue weighted by Gasteiger charge is -2.14. The maximum Gasteiger partial charge on any atom is 0.405 e. The number of anilines is 1. The molecule has 0 saturated heterocycles. The number of hydrogen-bond acceptors (Lipinski definition) is 4. The van der Waals surface area contributed by atoms with Gasteiger partial charge in [0.05, 0.1) is 0 Å². The Morgan fingerprint density at radius 1 is 1.03 bits per heavy atom. The summed E-state index contributed by atoms with van der Waals surface area (Å²) in [5, 5.41) is 5.82. The number of alkyl halides is 3. The average Bonchev–Trinajstić information content (AvgIpc) is 2.68. The molecular weight excluding hydrogens is 397 g/mol. The second-order valence-corrected chi connectivity index (χ2v) is 7.16. The van der Waals surface area contributed by atoms with E-state index in [1.807, 2.05) is 38.2 Å². The Labute approximate surface area is 170 Å². The summed E-state index contributed by atoms with van der Waals surface area (Å²) in [5.74, 6) is -0.813. The van der Waals surface area contributed by atoms with Crippen molar-refractivity contribution >= 4 is 22.6 Å². The van der Waals surface area contributed by atoms with Gasteiger partial charge in [-0.2, -0.15) is 13.2 Å². The van der Waals surface area contributed by atoms with E-state index in [1.165, 1.54) is 18.2 Å². The van der Waals surface area contributed by atoms with Gasteiger partial charge in [-0.15, -0.1) is 0 Å². The van der Waals surface area contributed by atoms with Gasteiger partial charge in [-0.05, 0) is 55.2 Å². The maximum absolute atomic E-state index is 12.3. The molecule has 1 aromatic heterocycles. The highest BCUT2D eigenvalue weighted by atomic mass is 19.4. The molecule has 0 aliphatic heterocycles. The summed E-state index contributed by atoms with van der Waals surface area (Å²) in [6, 6.07) is 9.83. The molecule has 0 atom stereocenters. The molecule has 3 rings (SSSR count). The summed E-state index contributed by atoms with van der Waals surface area (Å²) >= 11 is 0. The minimum atomic E-state index is -4.48. The van der Waals surface area contributed by atoms with E-state index in [9.17, 15) is 22.8 Å². The number of hydrogen-bond donors (Lipinski definition) is 2. The van der Waals surface area contributed by atoms with Crippen LogP contribution in [-0.4, -0.2) is 18.6 Å². The molecule has 30 heavy (non-hydrogen) atoms. The summed E-state index contributed by atoms with van der Waals surface area (Å²) in [6.07, 6.45) is -4.48. The highest BCUT2D eigenvalue weighted by Crippen LogP contribution is 2.25. The molecule has 0 spiro atoms. The van der Waals surface area contributed by atoms with Crippen LogP contribution in [0.1, 0.15) is 32.6 Å². The Hall–Kier alpha value is -3.29. The van der Waals surface area contributed by atoms with Crippen LogP contribution in [0, 0.1) is 20.8 Å². The van der Waals surface area contributed by atoms with Crippen molar-refractivity contribution in [2.24, 2.45) is 0 Å². The second-order valence-electron chi connectivity index (χ2n) is 7.16. The summed E-state index contributed by atoms with van der Waals surface area (Å²) in [4.78, 5) is 24.0. The minimum Gasteiger partial charge on any atom is -0.422 e. The second kappa shape index (κ2) is 8.22. The molecule has 0 saturated carbocycles. The largest absolute Gasteiger partial charge is 0.422 e. The predicted octanol–water partition coefficient (Wildman–Crippen LogP) is 4.62. The molecule has 3 aromatic rings. The van der Waals surface area contributed by atoms with Crippen LogP contribution in [0.4, 0.5) is 18.9 Å². The topological polar surface area (TPSA) is 71.3 Å². The van der Waals surface area contributed by atoms with Crippen LogP contribution in [0.3, 0.4) is 0 Å². The highest BCUT2D eigenvalue weighted by molar-refractivity contribution is 5.95. The molecule has 5 nitrogen and oxygen atoms in total. The van der Waals surface area contributed by atoms with Gasteiger partial charge in [0.25, 0.3) is 5.91 Å². The third kappa shape index (κ3) is 4.82. The number of amides is 1. The number of fused-ring (bicyclic) bond motifs is 1. The van der Waals surface area contributed by atoms with Gasteiger partial charge >= 0.3 is 11.8 Å². The average molecular weight is 418 g/mol. The van der Waals surface area contributed by atoms with Gasteiger partial charge in [-0.1, -0.05) is 18.2 Å². The summed E-state index contributed by atoms with van der Waals surface area (Å²) < 4.78 is 42.4. The third-order valence-corrected chi connectivity index (χ3v) is 4.94. The van der Waals surface area contributed by atoms with Crippen LogP contribution in [0.5, 0.6) is 0 Å². The molecule has 2 N–H and O–H groups in total. The van der Waals surface area contributed by atoms with E-state index in [0.717, 1.165) is 27.6 Å². The van der Waals surface area contributed by atoms with Gasteiger partial charge in [0, 0.05) is 29.2 Å². The van der Waals surface area contributed by atoms with Gasteiger partial charge in [0.1, 0.15) is 12.1 Å². The number of carbonyl (C=O) groups is 1. The Balaban J connectivity index is 1.85. The molecule has 0 aliphatic carbocycles. The number of benzene rings is 2. The predicted molar refractivity (Wildman–Crippen MR) is 109 cm³/mol. The fraction of sp³-hybridized carbons (Fsp3) is 0.273. The van der Waals surface area contributed by atoms with Crippen molar-refractivity contribution in [3.8, 4) is 0 Å². The smallest absolute Gasteiger partial charge is 0.405 e. The SMILES string of the molecule is Cc1ccc(C(=O)NCC(F)(F)F)cc1NCc1cc(=O)oc2c(C)c(C)ccc12. The first-order valence-electron chi connectivity index (χ1n) is 9.27. The molecule has 0 fully saturated rings. The van der Waals surface area contributed by atoms with E-state index >= 15 is 0 Å². The molecule has 2 aromatic carbocycles. The molecule has 0 aliphatic rings. The van der Waals surface area contributed by atoms with Gasteiger partial charge in [0.2, 0.25) is 0 Å². The van der Waals surface area contributed by atoms with E-state index in [4.69, 9.17) is 4.42 Å². The number of aryl methyl sites for hydroxylation is 3. The van der Waals surface area contributed by atoms with E-state index in [0.29, 0.717) is 11.3 Å². The maximum atomic E-state index is 12.3. The van der Waals surface area contributed by atoms with Gasteiger partial charge < -0.3 is 15.1 Å². The zero-order chi connectivity index (χ0) is 22.1. The lowest BCUT2D eigenvalue weighted by Crippen LogP contribution is -2.33. The van der Waals surface area contributed by atoms with E-state index < -0.39 is 24.3 Å². The Morgan fingerprint density at radius 3 is 2.43 bits per heavy atom. The van der Waals surface area contributed by atoms with Gasteiger partial charge in [-0.3, -0.25) is 4.79 Å². The monoisotopic (exact) mass is 418 g/mol. The van der Waals surface area contributed by atoms with Crippen LogP contribution in [0.2, 0.25) is 0 Å². The fourth-order valence-electron chi connectivity index (χ4n) is 3.10. The fourth-order valence-corrected chi connectivity index (χ4v) is 3.10. The molecule has 0 radical (unpaired) electrons. The quantitative estimate of drug-likeness (QED) is 0.593. The zero-order valence-corrected chi connectivity index (χ0v) is 16.7. The Morgan fingerprint density at radius 2 is 1.73 bits per heavy atom. The van der Waals surface area contributed by atoms with Crippen LogP contribution >= 0.6 is 0 Å². The van der Waals surface area contributed by atoms with Crippen LogP contribution in [0.25, 0.3) is 11.0 Å². The summed E-state index contributed by atoms with van der Waals surface area (Å²) in [7, 11) is 0. The van der Waals surface area contributed by atoms with E-state index in [-0.39, 0.29) is 12.1 Å². The van der Waals surface area contributed by atoms with Crippen LogP contribution in [0.15, 0.2) is 45.6 Å². The van der Waals surface area contributed by atoms with Crippen LogP contribution in [-0.2, 0) is 6.54 Å². The van der Waals surface area contributed by atoms with Gasteiger partial charge in [-0.25, -0.2) is 4.79 Å². The van der Waals surface area contributed by atoms with E-state index in [1.54, 1.807) is 6.07 Å². The molecule has 0 bridgehead atoms. The molecular formula is C22H21F3N2O3. The van der Waals surface area contributed by atoms with Crippen molar-refractivity contribution in [3.63, 3.8) is 0 Å². The van der Waals surface area contributed by atoms with Crippen molar-refractivity contribution in [2.75, 3.05) is 11.9 Å². The molecule has 1 amide bonds. The van der Waals surface area contributed by atoms with Crippen LogP contribution < -0.4 is 16.3 Å². The number of rotatable bonds is 5. The lowest BCUT2D eigenvalue weighted by atomic mass is 10.0. The molecule has 1 heterocycles. The zero-order valence-electron chi connectivity index (χ0n) is 16.7. The lowest BCUT2D eigenvalue weighted by molar-refractivity contribution is -0.123. The Bertz CT molecular complexity index is 1170. The van der Waals surface area contributed by atoms with E-state index in [2.05, 4.69) is 5.32 Å². The third-order valence-electron chi connectivity index (χ3n) is 4.94. The first-order chi connectivity index (χ1) is 14.0. The molecule has 158 valence electrons. The standard InChI is InChI=1S/C22H21F3N2O3/c1-12-5-7-17-16(9-19(28)30-20(17)14(12)3)10-26-18-8-15(6-4-13(18)2)21(29)27-11-22(23,24)25/h4-9,26H,10-11H2,1-3H3,(H,27,29). The van der Waals surface area contributed by atoms with Crippen molar-refractivity contribution in [1.29, 1.82) is 0 Å². The number of halogens is 3. The first kappa shape index (κ1) is 21.4. The van der Waals surface area contributed by atoms with Crippen molar-refractivity contribution in [3.05, 3.63) is 74.6 Å². The van der Waals surface area contributed by atoms with Crippen molar-refractivity contribution in [1.82, 2.24) is 5.32 Å². The minimum absolute atomic E-state index is 0.108. The number of nitrogens with one attached hydrogen (secondary N) is 2. The normalized spacial score (nSPS) is 11.5. The summed E-state index contributed by atoms with van der Waals surface area (Å²) in [5.41, 5.74) is 4.16. The molecule has 0 unspecified atom stereocenters. The first-order valence-corrected chi connectivity index (χ1v) is 9.27. The highest BCUT2D eigenvalue weighted by Gasteiger charge is 2.28. The van der Waals surface area contributed by atoms with Gasteiger partial charge in [0.15, 0.2) is 0 Å². The van der Waals surface area contributed by atoms with Crippen molar-refractivity contribution in [2.45, 2.75) is 33.5 Å². The molecule has 8 heteroatoms. The number of carbonyl (C=O) groups excluding carboxylic acids is 1. The summed E-state index contributed by atoms with van der Waals surface area (Å²) in [6.45, 7) is 4.50. The van der Waals surface area contributed by atoms with Crippen molar-refractivity contribution < 1.29 is 22.4 Å². The Kier molecular flexibility index (Phi) is 5.87.